The molecule has 0 saturated carbocycles. The molecule has 0 spiro atoms. The summed E-state index contributed by atoms with van der Waals surface area (Å²) in [5.74, 6) is 5.60. The molecule has 2 aromatic rings. The SMILES string of the molecule is CCc1ccccc1C(Cc1ccc(OC)c(F)c1)NN. The molecule has 0 heterocycles. The third-order valence-corrected chi connectivity index (χ3v) is 3.67. The number of hydrogen-bond donors (Lipinski definition) is 2. The molecule has 1 atom stereocenters. The van der Waals surface area contributed by atoms with Gasteiger partial charge < -0.3 is 4.74 Å². The van der Waals surface area contributed by atoms with E-state index in [2.05, 4.69) is 24.5 Å². The van der Waals surface area contributed by atoms with Crippen LogP contribution < -0.4 is 16.0 Å². The van der Waals surface area contributed by atoms with Gasteiger partial charge in [0.2, 0.25) is 0 Å². The van der Waals surface area contributed by atoms with E-state index in [1.54, 1.807) is 6.07 Å². The molecule has 3 N–H and O–H groups in total. The first-order valence-corrected chi connectivity index (χ1v) is 7.06. The summed E-state index contributed by atoms with van der Waals surface area (Å²) in [5.41, 5.74) is 6.11. The zero-order valence-corrected chi connectivity index (χ0v) is 12.4. The van der Waals surface area contributed by atoms with Crippen LogP contribution >= 0.6 is 0 Å². The average molecular weight is 288 g/mol. The quantitative estimate of drug-likeness (QED) is 0.634. The number of nitrogens with one attached hydrogen (secondary N) is 1. The van der Waals surface area contributed by atoms with Crippen molar-refractivity contribution >= 4 is 0 Å². The van der Waals surface area contributed by atoms with Gasteiger partial charge in [-0.1, -0.05) is 37.3 Å². The summed E-state index contributed by atoms with van der Waals surface area (Å²) in [4.78, 5) is 0. The summed E-state index contributed by atoms with van der Waals surface area (Å²) in [5, 5.41) is 0. The van der Waals surface area contributed by atoms with Crippen LogP contribution in [0.1, 0.15) is 29.7 Å². The van der Waals surface area contributed by atoms with E-state index in [0.29, 0.717) is 6.42 Å². The van der Waals surface area contributed by atoms with Gasteiger partial charge in [-0.2, -0.15) is 0 Å². The van der Waals surface area contributed by atoms with Crippen LogP contribution in [-0.4, -0.2) is 7.11 Å². The van der Waals surface area contributed by atoms with E-state index in [9.17, 15) is 4.39 Å². The summed E-state index contributed by atoms with van der Waals surface area (Å²) in [6.07, 6.45) is 1.56. The molecule has 0 aliphatic heterocycles. The van der Waals surface area contributed by atoms with Crippen molar-refractivity contribution < 1.29 is 9.13 Å². The maximum atomic E-state index is 13.8. The third kappa shape index (κ3) is 3.60. The molecule has 0 aliphatic rings. The maximum Gasteiger partial charge on any atom is 0.165 e. The van der Waals surface area contributed by atoms with Crippen LogP contribution in [0.5, 0.6) is 5.75 Å². The van der Waals surface area contributed by atoms with Crippen molar-refractivity contribution in [2.75, 3.05) is 7.11 Å². The molecule has 1 unspecified atom stereocenters. The molecule has 4 heteroatoms. The molecule has 112 valence electrons. The monoisotopic (exact) mass is 288 g/mol. The van der Waals surface area contributed by atoms with Gasteiger partial charge >= 0.3 is 0 Å². The lowest BCUT2D eigenvalue weighted by atomic mass is 9.94. The Kier molecular flexibility index (Phi) is 5.31. The van der Waals surface area contributed by atoms with Gasteiger partial charge in [0.05, 0.1) is 13.2 Å². The Morgan fingerprint density at radius 3 is 2.62 bits per heavy atom. The Morgan fingerprint density at radius 2 is 2.00 bits per heavy atom. The zero-order chi connectivity index (χ0) is 15.2. The molecule has 2 aromatic carbocycles. The largest absolute Gasteiger partial charge is 0.494 e. The Hall–Kier alpha value is -1.91. The number of rotatable bonds is 6. The number of hydrazine groups is 1. The number of ether oxygens (including phenoxy) is 1. The van der Waals surface area contributed by atoms with Gasteiger partial charge in [-0.3, -0.25) is 11.3 Å². The first-order chi connectivity index (χ1) is 10.2. The predicted octanol–water partition coefficient (Wildman–Crippen LogP) is 3.14. The van der Waals surface area contributed by atoms with E-state index < -0.39 is 0 Å². The smallest absolute Gasteiger partial charge is 0.165 e. The highest BCUT2D eigenvalue weighted by molar-refractivity contribution is 5.34. The van der Waals surface area contributed by atoms with Crippen LogP contribution in [0.3, 0.4) is 0 Å². The molecule has 3 nitrogen and oxygen atoms in total. The lowest BCUT2D eigenvalue weighted by molar-refractivity contribution is 0.386. The summed E-state index contributed by atoms with van der Waals surface area (Å²) in [6, 6.07) is 13.1. The Labute approximate surface area is 124 Å². The van der Waals surface area contributed by atoms with Crippen LogP contribution in [0.15, 0.2) is 42.5 Å². The van der Waals surface area contributed by atoms with E-state index in [0.717, 1.165) is 17.5 Å². The van der Waals surface area contributed by atoms with Gasteiger partial charge in [0.15, 0.2) is 11.6 Å². The van der Waals surface area contributed by atoms with Crippen molar-refractivity contribution in [3.05, 3.63) is 65.0 Å². The van der Waals surface area contributed by atoms with E-state index in [1.165, 1.54) is 18.7 Å². The second-order valence-electron chi connectivity index (χ2n) is 4.94. The Balaban J connectivity index is 2.25. The fourth-order valence-corrected chi connectivity index (χ4v) is 2.53. The fourth-order valence-electron chi connectivity index (χ4n) is 2.53. The first kappa shape index (κ1) is 15.5. The molecular weight excluding hydrogens is 267 g/mol. The van der Waals surface area contributed by atoms with Gasteiger partial charge in [-0.25, -0.2) is 4.39 Å². The minimum absolute atomic E-state index is 0.0473. The van der Waals surface area contributed by atoms with Crippen LogP contribution in [0, 0.1) is 5.82 Å². The summed E-state index contributed by atoms with van der Waals surface area (Å²) < 4.78 is 18.7. The summed E-state index contributed by atoms with van der Waals surface area (Å²) >= 11 is 0. The second kappa shape index (κ2) is 7.20. The van der Waals surface area contributed by atoms with Crippen molar-refractivity contribution in [2.24, 2.45) is 5.84 Å². The highest BCUT2D eigenvalue weighted by Crippen LogP contribution is 2.24. The topological polar surface area (TPSA) is 47.3 Å². The number of halogens is 1. The Morgan fingerprint density at radius 1 is 1.24 bits per heavy atom. The van der Waals surface area contributed by atoms with Crippen molar-refractivity contribution in [1.82, 2.24) is 5.43 Å². The van der Waals surface area contributed by atoms with Crippen LogP contribution in [0.4, 0.5) is 4.39 Å². The molecule has 0 bridgehead atoms. The number of benzene rings is 2. The Bertz CT molecular complexity index is 601. The van der Waals surface area contributed by atoms with Gasteiger partial charge in [-0.15, -0.1) is 0 Å². The number of nitrogens with two attached hydrogens (primary N) is 1. The molecule has 0 amide bonds. The average Bonchev–Trinajstić information content (AvgIpc) is 2.52. The molecule has 2 rings (SSSR count). The van der Waals surface area contributed by atoms with Crippen LogP contribution in [0.25, 0.3) is 0 Å². The van der Waals surface area contributed by atoms with Crippen molar-refractivity contribution in [1.29, 1.82) is 0 Å². The molecule has 0 radical (unpaired) electrons. The molecular formula is C17H21FN2O. The minimum Gasteiger partial charge on any atom is -0.494 e. The maximum absolute atomic E-state index is 13.8. The predicted molar refractivity (Wildman–Crippen MR) is 82.5 cm³/mol. The number of hydrogen-bond acceptors (Lipinski definition) is 3. The zero-order valence-electron chi connectivity index (χ0n) is 12.4. The van der Waals surface area contributed by atoms with E-state index in [1.807, 2.05) is 18.2 Å². The van der Waals surface area contributed by atoms with Crippen molar-refractivity contribution in [2.45, 2.75) is 25.8 Å². The van der Waals surface area contributed by atoms with E-state index >= 15 is 0 Å². The van der Waals surface area contributed by atoms with E-state index in [-0.39, 0.29) is 17.6 Å². The lowest BCUT2D eigenvalue weighted by Crippen LogP contribution is -2.30. The second-order valence-corrected chi connectivity index (χ2v) is 4.94. The standard InChI is InChI=1S/C17H21FN2O/c1-3-13-6-4-5-7-14(13)16(20-19)11-12-8-9-17(21-2)15(18)10-12/h4-10,16,20H,3,11,19H2,1-2H3. The van der Waals surface area contributed by atoms with E-state index in [4.69, 9.17) is 10.6 Å². The molecule has 0 aliphatic carbocycles. The minimum atomic E-state index is -0.352. The van der Waals surface area contributed by atoms with Gasteiger partial charge in [0.1, 0.15) is 0 Å². The third-order valence-electron chi connectivity index (χ3n) is 3.67. The highest BCUT2D eigenvalue weighted by atomic mass is 19.1. The first-order valence-electron chi connectivity index (χ1n) is 7.06. The number of methoxy groups -OCH3 is 1. The molecule has 0 fully saturated rings. The summed E-state index contributed by atoms with van der Waals surface area (Å²) in [7, 11) is 1.46. The molecule has 0 saturated heterocycles. The fraction of sp³-hybridized carbons (Fsp3) is 0.294. The van der Waals surface area contributed by atoms with Crippen molar-refractivity contribution in [3.8, 4) is 5.75 Å². The normalized spacial score (nSPS) is 12.2. The highest BCUT2D eigenvalue weighted by Gasteiger charge is 2.14. The number of aryl methyl sites for hydroxylation is 1. The van der Waals surface area contributed by atoms with Gasteiger partial charge in [0.25, 0.3) is 0 Å². The summed E-state index contributed by atoms with van der Waals surface area (Å²) in [6.45, 7) is 2.11. The van der Waals surface area contributed by atoms with Crippen molar-refractivity contribution in [3.63, 3.8) is 0 Å². The van der Waals surface area contributed by atoms with Crippen LogP contribution in [0.2, 0.25) is 0 Å². The van der Waals surface area contributed by atoms with Gasteiger partial charge in [-0.05, 0) is 41.7 Å². The van der Waals surface area contributed by atoms with Gasteiger partial charge in [0, 0.05) is 0 Å². The molecule has 21 heavy (non-hydrogen) atoms. The molecule has 0 aromatic heterocycles. The lowest BCUT2D eigenvalue weighted by Gasteiger charge is -2.19. The van der Waals surface area contributed by atoms with Crippen LogP contribution in [-0.2, 0) is 12.8 Å².